The SMILES string of the molecule is CC1CCC(NC(=O)OC(C)(C)C)N(C(=O)OCc2ccccc2)C1. The molecule has 0 aliphatic carbocycles. The highest BCUT2D eigenvalue weighted by Crippen LogP contribution is 2.22. The molecule has 1 saturated heterocycles. The quantitative estimate of drug-likeness (QED) is 0.899. The van der Waals surface area contributed by atoms with E-state index >= 15 is 0 Å². The minimum Gasteiger partial charge on any atom is -0.444 e. The molecule has 138 valence electrons. The zero-order valence-electron chi connectivity index (χ0n) is 15.5. The lowest BCUT2D eigenvalue weighted by molar-refractivity contribution is 0.0253. The Balaban J connectivity index is 1.95. The Morgan fingerprint density at radius 2 is 1.88 bits per heavy atom. The van der Waals surface area contributed by atoms with Crippen molar-refractivity contribution in [2.24, 2.45) is 5.92 Å². The van der Waals surface area contributed by atoms with Gasteiger partial charge in [0, 0.05) is 6.54 Å². The van der Waals surface area contributed by atoms with Crippen LogP contribution in [0.15, 0.2) is 30.3 Å². The lowest BCUT2D eigenvalue weighted by Gasteiger charge is -2.38. The Morgan fingerprint density at radius 3 is 2.52 bits per heavy atom. The molecule has 2 unspecified atom stereocenters. The molecule has 0 aromatic heterocycles. The Labute approximate surface area is 149 Å². The summed E-state index contributed by atoms with van der Waals surface area (Å²) in [6.07, 6.45) is 0.266. The van der Waals surface area contributed by atoms with Crippen molar-refractivity contribution < 1.29 is 19.1 Å². The molecular weight excluding hydrogens is 320 g/mol. The maximum Gasteiger partial charge on any atom is 0.411 e. The molecule has 1 aliphatic rings. The summed E-state index contributed by atoms with van der Waals surface area (Å²) in [5.74, 6) is 0.362. The molecular formula is C19H28N2O4. The molecule has 2 amide bonds. The van der Waals surface area contributed by atoms with Gasteiger partial charge in [0.25, 0.3) is 0 Å². The van der Waals surface area contributed by atoms with Crippen molar-refractivity contribution in [3.63, 3.8) is 0 Å². The summed E-state index contributed by atoms with van der Waals surface area (Å²) in [7, 11) is 0. The molecule has 0 spiro atoms. The lowest BCUT2D eigenvalue weighted by atomic mass is 9.98. The number of carbonyl (C=O) groups is 2. The zero-order valence-corrected chi connectivity index (χ0v) is 15.5. The molecule has 25 heavy (non-hydrogen) atoms. The molecule has 2 rings (SSSR count). The van der Waals surface area contributed by atoms with E-state index in [0.717, 1.165) is 12.0 Å². The number of nitrogens with zero attached hydrogens (tertiary/aromatic N) is 1. The summed E-state index contributed by atoms with van der Waals surface area (Å²) in [6, 6.07) is 9.53. The van der Waals surface area contributed by atoms with Crippen LogP contribution in [-0.4, -0.2) is 35.4 Å². The van der Waals surface area contributed by atoms with Gasteiger partial charge in [-0.05, 0) is 45.1 Å². The van der Waals surface area contributed by atoms with Gasteiger partial charge >= 0.3 is 12.2 Å². The third-order valence-corrected chi connectivity index (χ3v) is 3.94. The standard InChI is InChI=1S/C19H28N2O4/c1-14-10-11-16(20-17(22)25-19(2,3)4)21(12-14)18(23)24-13-15-8-6-5-7-9-15/h5-9,14,16H,10-13H2,1-4H3,(H,20,22). The van der Waals surface area contributed by atoms with Gasteiger partial charge in [-0.25, -0.2) is 9.59 Å². The fraction of sp³-hybridized carbons (Fsp3) is 0.579. The second kappa shape index (κ2) is 8.23. The van der Waals surface area contributed by atoms with Crippen LogP contribution in [0.3, 0.4) is 0 Å². The highest BCUT2D eigenvalue weighted by molar-refractivity contribution is 5.71. The van der Waals surface area contributed by atoms with Crippen molar-refractivity contribution in [2.45, 2.75) is 58.9 Å². The normalized spacial score (nSPS) is 20.7. The molecule has 2 atom stereocenters. The minimum absolute atomic E-state index is 0.212. The molecule has 1 aliphatic heterocycles. The second-order valence-electron chi connectivity index (χ2n) is 7.54. The predicted molar refractivity (Wildman–Crippen MR) is 94.9 cm³/mol. The van der Waals surface area contributed by atoms with E-state index in [1.807, 2.05) is 30.3 Å². The molecule has 1 heterocycles. The number of benzene rings is 1. The first-order valence-electron chi connectivity index (χ1n) is 8.71. The molecule has 6 heteroatoms. The lowest BCUT2D eigenvalue weighted by Crippen LogP contribution is -2.55. The van der Waals surface area contributed by atoms with Crippen LogP contribution in [-0.2, 0) is 16.1 Å². The van der Waals surface area contributed by atoms with Gasteiger partial charge in [-0.1, -0.05) is 37.3 Å². The number of likely N-dealkylation sites (tertiary alicyclic amines) is 1. The van der Waals surface area contributed by atoms with Gasteiger partial charge in [0.2, 0.25) is 0 Å². The summed E-state index contributed by atoms with van der Waals surface area (Å²) in [5, 5.41) is 2.79. The van der Waals surface area contributed by atoms with Crippen LogP contribution in [0, 0.1) is 5.92 Å². The van der Waals surface area contributed by atoms with Crippen LogP contribution in [0.1, 0.15) is 46.1 Å². The van der Waals surface area contributed by atoms with Crippen molar-refractivity contribution >= 4 is 12.2 Å². The fourth-order valence-electron chi connectivity index (χ4n) is 2.75. The number of rotatable bonds is 3. The first kappa shape index (κ1) is 19.1. The number of amides is 2. The highest BCUT2D eigenvalue weighted by atomic mass is 16.6. The first-order chi connectivity index (χ1) is 11.7. The van der Waals surface area contributed by atoms with Gasteiger partial charge in [0.1, 0.15) is 18.4 Å². The van der Waals surface area contributed by atoms with E-state index in [4.69, 9.17) is 9.47 Å². The van der Waals surface area contributed by atoms with Crippen molar-refractivity contribution in [2.75, 3.05) is 6.54 Å². The molecule has 0 radical (unpaired) electrons. The Morgan fingerprint density at radius 1 is 1.20 bits per heavy atom. The third kappa shape index (κ3) is 6.29. The molecule has 0 bridgehead atoms. The largest absolute Gasteiger partial charge is 0.444 e. The van der Waals surface area contributed by atoms with Crippen molar-refractivity contribution in [1.29, 1.82) is 0 Å². The molecule has 1 aromatic carbocycles. The van der Waals surface area contributed by atoms with Crippen LogP contribution < -0.4 is 5.32 Å². The summed E-state index contributed by atoms with van der Waals surface area (Å²) in [6.45, 7) is 8.27. The van der Waals surface area contributed by atoms with Crippen LogP contribution in [0.25, 0.3) is 0 Å². The number of ether oxygens (including phenoxy) is 2. The third-order valence-electron chi connectivity index (χ3n) is 3.94. The minimum atomic E-state index is -0.579. The number of nitrogens with one attached hydrogen (secondary N) is 1. The van der Waals surface area contributed by atoms with E-state index in [1.54, 1.807) is 25.7 Å². The van der Waals surface area contributed by atoms with Gasteiger partial charge in [0.15, 0.2) is 0 Å². The van der Waals surface area contributed by atoms with E-state index in [9.17, 15) is 9.59 Å². The number of hydrogen-bond donors (Lipinski definition) is 1. The van der Waals surface area contributed by atoms with Crippen molar-refractivity contribution in [3.8, 4) is 0 Å². The average Bonchev–Trinajstić information content (AvgIpc) is 2.53. The van der Waals surface area contributed by atoms with Gasteiger partial charge in [-0.15, -0.1) is 0 Å². The number of hydrogen-bond acceptors (Lipinski definition) is 4. The van der Waals surface area contributed by atoms with E-state index in [1.165, 1.54) is 0 Å². The zero-order chi connectivity index (χ0) is 18.4. The van der Waals surface area contributed by atoms with Crippen molar-refractivity contribution in [1.82, 2.24) is 10.2 Å². The van der Waals surface area contributed by atoms with Gasteiger partial charge in [0.05, 0.1) is 0 Å². The van der Waals surface area contributed by atoms with Crippen LogP contribution in [0.4, 0.5) is 9.59 Å². The molecule has 0 saturated carbocycles. The topological polar surface area (TPSA) is 67.9 Å². The number of alkyl carbamates (subject to hydrolysis) is 1. The smallest absolute Gasteiger partial charge is 0.411 e. The van der Waals surface area contributed by atoms with E-state index in [-0.39, 0.29) is 6.61 Å². The number of piperidine rings is 1. The highest BCUT2D eigenvalue weighted by Gasteiger charge is 2.33. The second-order valence-corrected chi connectivity index (χ2v) is 7.54. The summed E-state index contributed by atoms with van der Waals surface area (Å²) in [4.78, 5) is 26.1. The molecule has 1 aromatic rings. The van der Waals surface area contributed by atoms with Crippen LogP contribution in [0.5, 0.6) is 0 Å². The van der Waals surface area contributed by atoms with Gasteiger partial charge < -0.3 is 14.8 Å². The molecule has 1 N–H and O–H groups in total. The Kier molecular flexibility index (Phi) is 6.28. The van der Waals surface area contributed by atoms with Crippen LogP contribution >= 0.6 is 0 Å². The predicted octanol–water partition coefficient (Wildman–Crippen LogP) is 3.91. The van der Waals surface area contributed by atoms with Crippen LogP contribution in [0.2, 0.25) is 0 Å². The maximum absolute atomic E-state index is 12.5. The summed E-state index contributed by atoms with van der Waals surface area (Å²) in [5.41, 5.74) is 0.350. The van der Waals surface area contributed by atoms with Gasteiger partial charge in [-0.3, -0.25) is 4.90 Å². The monoisotopic (exact) mass is 348 g/mol. The van der Waals surface area contributed by atoms with E-state index in [2.05, 4.69) is 12.2 Å². The fourth-order valence-corrected chi connectivity index (χ4v) is 2.75. The summed E-state index contributed by atoms with van der Waals surface area (Å²) >= 11 is 0. The van der Waals surface area contributed by atoms with E-state index in [0.29, 0.717) is 18.9 Å². The Bertz CT molecular complexity index is 583. The van der Waals surface area contributed by atoms with Crippen molar-refractivity contribution in [3.05, 3.63) is 35.9 Å². The molecule has 1 fully saturated rings. The van der Waals surface area contributed by atoms with Gasteiger partial charge in [-0.2, -0.15) is 0 Å². The Hall–Kier alpha value is -2.24. The molecule has 6 nitrogen and oxygen atoms in total. The van der Waals surface area contributed by atoms with E-state index < -0.39 is 24.0 Å². The number of carbonyl (C=O) groups excluding carboxylic acids is 2. The first-order valence-corrected chi connectivity index (χ1v) is 8.71. The average molecular weight is 348 g/mol. The summed E-state index contributed by atoms with van der Waals surface area (Å²) < 4.78 is 10.7. The maximum atomic E-state index is 12.5.